The molecule has 2 heterocycles. The van der Waals surface area contributed by atoms with Crippen molar-refractivity contribution in [1.29, 1.82) is 0 Å². The molecule has 0 radical (unpaired) electrons. The monoisotopic (exact) mass is 318 g/mol. The molecule has 1 atom stereocenters. The van der Waals surface area contributed by atoms with Crippen molar-refractivity contribution in [2.24, 2.45) is 0 Å². The number of H-pyrrole nitrogens is 1. The van der Waals surface area contributed by atoms with E-state index in [-0.39, 0.29) is 10.9 Å². The van der Waals surface area contributed by atoms with Crippen LogP contribution in [-0.4, -0.2) is 9.97 Å². The maximum absolute atomic E-state index is 12.4. The summed E-state index contributed by atoms with van der Waals surface area (Å²) in [6.45, 7) is 5.86. The summed E-state index contributed by atoms with van der Waals surface area (Å²) in [5, 5.41) is 0.342. The molecule has 1 N–H and O–H groups in total. The molecule has 0 saturated carbocycles. The lowest BCUT2D eigenvalue weighted by molar-refractivity contribution is 0.917. The molecule has 0 aliphatic rings. The van der Waals surface area contributed by atoms with Crippen molar-refractivity contribution in [3.8, 4) is 11.1 Å². The number of aromatic nitrogens is 2. The van der Waals surface area contributed by atoms with E-state index in [1.54, 1.807) is 6.92 Å². The molecule has 0 bridgehead atoms. The van der Waals surface area contributed by atoms with Crippen LogP contribution < -0.4 is 5.56 Å². The normalized spacial score (nSPS) is 12.8. The van der Waals surface area contributed by atoms with E-state index in [0.717, 1.165) is 20.8 Å². The molecule has 0 aliphatic heterocycles. The van der Waals surface area contributed by atoms with Crippen molar-refractivity contribution in [1.82, 2.24) is 9.97 Å². The molecular weight excluding hydrogens is 304 g/mol. The van der Waals surface area contributed by atoms with Crippen LogP contribution in [0.3, 0.4) is 0 Å². The number of aryl methyl sites for hydroxylation is 2. The molecule has 0 spiro atoms. The number of nitrogens with zero attached hydrogens (tertiary/aromatic N) is 1. The number of aromatic amines is 1. The molecule has 0 saturated heterocycles. The third-order valence-electron chi connectivity index (χ3n) is 3.47. The van der Waals surface area contributed by atoms with E-state index in [0.29, 0.717) is 11.2 Å². The third-order valence-corrected chi connectivity index (χ3v) is 4.68. The Bertz CT molecular complexity index is 862. The predicted octanol–water partition coefficient (Wildman–Crippen LogP) is 4.57. The summed E-state index contributed by atoms with van der Waals surface area (Å²) in [6, 6.07) is 8.19. The summed E-state index contributed by atoms with van der Waals surface area (Å²) in [7, 11) is 0. The molecule has 0 aliphatic carbocycles. The maximum atomic E-state index is 12.4. The number of nitrogens with one attached hydrogen (secondary N) is 1. The number of hydrogen-bond acceptors (Lipinski definition) is 3. The molecule has 5 heteroatoms. The van der Waals surface area contributed by atoms with Crippen molar-refractivity contribution in [2.45, 2.75) is 26.1 Å². The molecule has 1 aromatic carbocycles. The number of benzene rings is 1. The van der Waals surface area contributed by atoms with Crippen LogP contribution >= 0.6 is 22.9 Å². The van der Waals surface area contributed by atoms with Gasteiger partial charge in [-0.05, 0) is 26.3 Å². The zero-order chi connectivity index (χ0) is 15.1. The topological polar surface area (TPSA) is 45.8 Å². The largest absolute Gasteiger partial charge is 0.309 e. The minimum Gasteiger partial charge on any atom is -0.309 e. The van der Waals surface area contributed by atoms with Crippen molar-refractivity contribution in [3.63, 3.8) is 0 Å². The standard InChI is InChI=1S/C16H15ClN2OS/c1-8-4-6-11(7-5-8)12-10(3)21-16-13(12)15(20)18-14(19-16)9(2)17/h4-7,9H,1-3H3,(H,18,19,20). The summed E-state index contributed by atoms with van der Waals surface area (Å²) in [4.78, 5) is 21.5. The number of rotatable bonds is 2. The zero-order valence-electron chi connectivity index (χ0n) is 12.0. The molecule has 21 heavy (non-hydrogen) atoms. The second-order valence-electron chi connectivity index (χ2n) is 5.15. The summed E-state index contributed by atoms with van der Waals surface area (Å²) in [5.74, 6) is 0.519. The van der Waals surface area contributed by atoms with Gasteiger partial charge in [0.15, 0.2) is 0 Å². The first-order valence-corrected chi connectivity index (χ1v) is 7.97. The Balaban J connectivity index is 2.31. The number of hydrogen-bond donors (Lipinski definition) is 1. The Morgan fingerprint density at radius 3 is 2.52 bits per heavy atom. The van der Waals surface area contributed by atoms with Crippen LogP contribution in [0.2, 0.25) is 0 Å². The van der Waals surface area contributed by atoms with Gasteiger partial charge < -0.3 is 4.98 Å². The summed E-state index contributed by atoms with van der Waals surface area (Å²) < 4.78 is 0. The van der Waals surface area contributed by atoms with Crippen LogP contribution in [0.5, 0.6) is 0 Å². The fourth-order valence-electron chi connectivity index (χ4n) is 2.39. The highest BCUT2D eigenvalue weighted by atomic mass is 35.5. The van der Waals surface area contributed by atoms with E-state index in [4.69, 9.17) is 11.6 Å². The SMILES string of the molecule is Cc1ccc(-c2c(C)sc3nc(C(C)Cl)[nH]c(=O)c23)cc1. The van der Waals surface area contributed by atoms with Gasteiger partial charge in [0, 0.05) is 10.4 Å². The minimum absolute atomic E-state index is 0.123. The van der Waals surface area contributed by atoms with E-state index < -0.39 is 0 Å². The van der Waals surface area contributed by atoms with Gasteiger partial charge in [0.05, 0.1) is 10.8 Å². The average Bonchev–Trinajstić information content (AvgIpc) is 2.76. The van der Waals surface area contributed by atoms with E-state index in [2.05, 4.69) is 22.1 Å². The lowest BCUT2D eigenvalue weighted by atomic mass is 10.0. The van der Waals surface area contributed by atoms with Gasteiger partial charge in [-0.25, -0.2) is 4.98 Å². The second-order valence-corrected chi connectivity index (χ2v) is 7.00. The molecule has 108 valence electrons. The molecule has 3 nitrogen and oxygen atoms in total. The maximum Gasteiger partial charge on any atom is 0.260 e. The molecule has 0 amide bonds. The van der Waals surface area contributed by atoms with Gasteiger partial charge in [-0.2, -0.15) is 0 Å². The third kappa shape index (κ3) is 2.49. The van der Waals surface area contributed by atoms with Gasteiger partial charge in [0.2, 0.25) is 0 Å². The van der Waals surface area contributed by atoms with Crippen molar-refractivity contribution in [3.05, 3.63) is 50.9 Å². The van der Waals surface area contributed by atoms with Gasteiger partial charge in [0.25, 0.3) is 5.56 Å². The van der Waals surface area contributed by atoms with E-state index in [1.165, 1.54) is 16.9 Å². The zero-order valence-corrected chi connectivity index (χ0v) is 13.6. The second kappa shape index (κ2) is 5.28. The Morgan fingerprint density at radius 1 is 1.24 bits per heavy atom. The van der Waals surface area contributed by atoms with E-state index in [1.807, 2.05) is 26.0 Å². The first kappa shape index (κ1) is 14.3. The number of halogens is 1. The van der Waals surface area contributed by atoms with Crippen LogP contribution in [0.25, 0.3) is 21.3 Å². The predicted molar refractivity (Wildman–Crippen MR) is 89.4 cm³/mol. The van der Waals surface area contributed by atoms with E-state index in [9.17, 15) is 4.79 Å². The van der Waals surface area contributed by atoms with Gasteiger partial charge in [-0.15, -0.1) is 22.9 Å². The number of alkyl halides is 1. The summed E-state index contributed by atoms with van der Waals surface area (Å²) >= 11 is 7.56. The van der Waals surface area contributed by atoms with Crippen LogP contribution in [-0.2, 0) is 0 Å². The number of fused-ring (bicyclic) bond motifs is 1. The van der Waals surface area contributed by atoms with Crippen molar-refractivity contribution >= 4 is 33.2 Å². The fraction of sp³-hybridized carbons (Fsp3) is 0.250. The Labute approximate surface area is 131 Å². The lowest BCUT2D eigenvalue weighted by Crippen LogP contribution is -2.11. The summed E-state index contributed by atoms with van der Waals surface area (Å²) in [6.07, 6.45) is 0. The summed E-state index contributed by atoms with van der Waals surface area (Å²) in [5.41, 5.74) is 3.09. The molecule has 0 fully saturated rings. The van der Waals surface area contributed by atoms with Crippen molar-refractivity contribution < 1.29 is 0 Å². The highest BCUT2D eigenvalue weighted by Gasteiger charge is 2.17. The Kier molecular flexibility index (Phi) is 3.59. The van der Waals surface area contributed by atoms with Crippen LogP contribution in [0.1, 0.15) is 28.6 Å². The Morgan fingerprint density at radius 2 is 1.90 bits per heavy atom. The highest BCUT2D eigenvalue weighted by molar-refractivity contribution is 7.19. The number of thiophene rings is 1. The first-order chi connectivity index (χ1) is 9.97. The minimum atomic E-state index is -0.313. The van der Waals surface area contributed by atoms with Crippen LogP contribution in [0.4, 0.5) is 0 Å². The quantitative estimate of drug-likeness (QED) is 0.704. The van der Waals surface area contributed by atoms with Gasteiger partial charge in [0.1, 0.15) is 10.7 Å². The van der Waals surface area contributed by atoms with Gasteiger partial charge >= 0.3 is 0 Å². The lowest BCUT2D eigenvalue weighted by Gasteiger charge is -2.04. The molecule has 3 aromatic rings. The molecule has 3 rings (SSSR count). The average molecular weight is 319 g/mol. The fourth-order valence-corrected chi connectivity index (χ4v) is 3.55. The van der Waals surface area contributed by atoms with Crippen LogP contribution in [0, 0.1) is 13.8 Å². The molecule has 2 aromatic heterocycles. The van der Waals surface area contributed by atoms with Crippen molar-refractivity contribution in [2.75, 3.05) is 0 Å². The Hall–Kier alpha value is -1.65. The highest BCUT2D eigenvalue weighted by Crippen LogP contribution is 2.36. The first-order valence-electron chi connectivity index (χ1n) is 6.72. The molecular formula is C16H15ClN2OS. The van der Waals surface area contributed by atoms with Gasteiger partial charge in [-0.3, -0.25) is 4.79 Å². The molecule has 1 unspecified atom stereocenters. The smallest absolute Gasteiger partial charge is 0.260 e. The van der Waals surface area contributed by atoms with Gasteiger partial charge in [-0.1, -0.05) is 29.8 Å². The van der Waals surface area contributed by atoms with E-state index >= 15 is 0 Å². The van der Waals surface area contributed by atoms with Crippen LogP contribution in [0.15, 0.2) is 29.1 Å².